The van der Waals surface area contributed by atoms with Crippen LogP contribution in [-0.2, 0) is 4.79 Å². The van der Waals surface area contributed by atoms with E-state index in [4.69, 9.17) is 9.84 Å². The molecule has 1 saturated carbocycles. The van der Waals surface area contributed by atoms with E-state index < -0.39 is 29.9 Å². The Kier molecular flexibility index (Phi) is 4.85. The van der Waals surface area contributed by atoms with Crippen molar-refractivity contribution >= 4 is 12.0 Å². The van der Waals surface area contributed by atoms with Crippen LogP contribution in [0.1, 0.15) is 31.4 Å². The number of carboxylic acids is 1. The maximum Gasteiger partial charge on any atom is 0.326 e. The van der Waals surface area contributed by atoms with E-state index in [-0.39, 0.29) is 11.7 Å². The number of nitrogens with one attached hydrogen (secondary N) is 2. The normalized spacial score (nSPS) is 16.5. The second kappa shape index (κ2) is 6.64. The number of hydrogen-bond acceptors (Lipinski definition) is 3. The van der Waals surface area contributed by atoms with Gasteiger partial charge in [-0.15, -0.1) is 0 Å². The Morgan fingerprint density at radius 1 is 1.36 bits per heavy atom. The van der Waals surface area contributed by atoms with Gasteiger partial charge in [0.15, 0.2) is 11.6 Å². The maximum atomic E-state index is 13.6. The van der Waals surface area contributed by atoms with Gasteiger partial charge in [0, 0.05) is 0 Å². The number of carbonyl (C=O) groups excluding carboxylic acids is 1. The standard InChI is InChI=1S/C15H19FN2O4/c1-8(10-5-6-12(22-2)11(16)7-10)17-15(21)18-13(14(19)20)9-3-4-9/h5-9,13H,3-4H2,1-2H3,(H,19,20)(H2,17,18,21). The van der Waals surface area contributed by atoms with Gasteiger partial charge in [-0.05, 0) is 43.4 Å². The van der Waals surface area contributed by atoms with E-state index in [1.807, 2.05) is 0 Å². The van der Waals surface area contributed by atoms with Gasteiger partial charge >= 0.3 is 12.0 Å². The quantitative estimate of drug-likeness (QED) is 0.750. The number of halogens is 1. The van der Waals surface area contributed by atoms with Crippen LogP contribution in [0.4, 0.5) is 9.18 Å². The minimum absolute atomic E-state index is 0.00279. The molecular weight excluding hydrogens is 291 g/mol. The molecular formula is C15H19FN2O4. The Balaban J connectivity index is 1.95. The van der Waals surface area contributed by atoms with Crippen LogP contribution in [0.15, 0.2) is 18.2 Å². The number of hydrogen-bond donors (Lipinski definition) is 3. The van der Waals surface area contributed by atoms with Crippen LogP contribution < -0.4 is 15.4 Å². The molecule has 2 rings (SSSR count). The first-order valence-electron chi connectivity index (χ1n) is 7.05. The zero-order chi connectivity index (χ0) is 16.3. The van der Waals surface area contributed by atoms with Crippen molar-refractivity contribution in [1.82, 2.24) is 10.6 Å². The first-order chi connectivity index (χ1) is 10.4. The Labute approximate surface area is 127 Å². The SMILES string of the molecule is COc1ccc(C(C)NC(=O)NC(C(=O)O)C2CC2)cc1F. The number of urea groups is 1. The summed E-state index contributed by atoms with van der Waals surface area (Å²) in [5.74, 6) is -1.44. The van der Waals surface area contributed by atoms with Gasteiger partial charge in [-0.3, -0.25) is 0 Å². The fourth-order valence-electron chi connectivity index (χ4n) is 2.23. The summed E-state index contributed by atoms with van der Waals surface area (Å²) >= 11 is 0. The zero-order valence-corrected chi connectivity index (χ0v) is 12.4. The van der Waals surface area contributed by atoms with Crippen molar-refractivity contribution in [2.45, 2.75) is 31.8 Å². The molecule has 3 N–H and O–H groups in total. The molecule has 0 saturated heterocycles. The Hall–Kier alpha value is -2.31. The van der Waals surface area contributed by atoms with Crippen LogP contribution in [0.3, 0.4) is 0 Å². The Morgan fingerprint density at radius 2 is 2.05 bits per heavy atom. The summed E-state index contributed by atoms with van der Waals surface area (Å²) in [5, 5.41) is 14.1. The zero-order valence-electron chi connectivity index (χ0n) is 12.4. The number of amides is 2. The second-order valence-corrected chi connectivity index (χ2v) is 5.39. The largest absolute Gasteiger partial charge is 0.494 e. The molecule has 120 valence electrons. The molecule has 0 heterocycles. The van der Waals surface area contributed by atoms with Gasteiger partial charge in [-0.1, -0.05) is 6.07 Å². The topological polar surface area (TPSA) is 87.7 Å². The molecule has 1 aromatic rings. The van der Waals surface area contributed by atoms with E-state index in [0.29, 0.717) is 5.56 Å². The smallest absolute Gasteiger partial charge is 0.326 e. The summed E-state index contributed by atoms with van der Waals surface area (Å²) in [5.41, 5.74) is 0.562. The van der Waals surface area contributed by atoms with Crippen LogP contribution in [0, 0.1) is 11.7 Å². The molecule has 7 heteroatoms. The Bertz CT molecular complexity index is 575. The van der Waals surface area contributed by atoms with Crippen LogP contribution in [0.2, 0.25) is 0 Å². The number of ether oxygens (including phenoxy) is 1. The molecule has 0 radical (unpaired) electrons. The van der Waals surface area contributed by atoms with Crippen molar-refractivity contribution in [1.29, 1.82) is 0 Å². The summed E-state index contributed by atoms with van der Waals surface area (Å²) in [6.07, 6.45) is 1.60. The predicted molar refractivity (Wildman–Crippen MR) is 77.2 cm³/mol. The van der Waals surface area contributed by atoms with Gasteiger partial charge in [-0.2, -0.15) is 0 Å². The highest BCUT2D eigenvalue weighted by atomic mass is 19.1. The number of carboxylic acid groups (broad SMARTS) is 1. The van der Waals surface area contributed by atoms with Gasteiger partial charge in [0.25, 0.3) is 0 Å². The molecule has 1 aliphatic rings. The third kappa shape index (κ3) is 3.87. The van der Waals surface area contributed by atoms with Crippen LogP contribution >= 0.6 is 0 Å². The van der Waals surface area contributed by atoms with Crippen molar-refractivity contribution in [2.75, 3.05) is 7.11 Å². The van der Waals surface area contributed by atoms with Gasteiger partial charge < -0.3 is 20.5 Å². The summed E-state index contributed by atoms with van der Waals surface area (Å²) < 4.78 is 18.5. The highest BCUT2D eigenvalue weighted by Gasteiger charge is 2.37. The van der Waals surface area contributed by atoms with E-state index >= 15 is 0 Å². The average molecular weight is 310 g/mol. The van der Waals surface area contributed by atoms with Gasteiger partial charge in [-0.25, -0.2) is 14.0 Å². The Morgan fingerprint density at radius 3 is 2.55 bits per heavy atom. The number of rotatable bonds is 6. The van der Waals surface area contributed by atoms with E-state index in [9.17, 15) is 14.0 Å². The fraction of sp³-hybridized carbons (Fsp3) is 0.467. The monoisotopic (exact) mass is 310 g/mol. The summed E-state index contributed by atoms with van der Waals surface area (Å²) in [7, 11) is 1.37. The first kappa shape index (κ1) is 16.1. The second-order valence-electron chi connectivity index (χ2n) is 5.39. The molecule has 0 aliphatic heterocycles. The molecule has 0 aromatic heterocycles. The van der Waals surface area contributed by atoms with E-state index in [1.165, 1.54) is 19.2 Å². The average Bonchev–Trinajstić information content (AvgIpc) is 3.28. The summed E-state index contributed by atoms with van der Waals surface area (Å²) in [6, 6.07) is 2.48. The van der Waals surface area contributed by atoms with E-state index in [1.54, 1.807) is 13.0 Å². The lowest BCUT2D eigenvalue weighted by Crippen LogP contribution is -2.47. The third-order valence-electron chi connectivity index (χ3n) is 3.67. The fourth-order valence-corrected chi connectivity index (χ4v) is 2.23. The first-order valence-corrected chi connectivity index (χ1v) is 7.05. The number of carbonyl (C=O) groups is 2. The van der Waals surface area contributed by atoms with Crippen molar-refractivity contribution in [3.05, 3.63) is 29.6 Å². The molecule has 2 amide bonds. The lowest BCUT2D eigenvalue weighted by Gasteiger charge is -2.18. The van der Waals surface area contributed by atoms with Crippen molar-refractivity contribution < 1.29 is 23.8 Å². The van der Waals surface area contributed by atoms with Crippen molar-refractivity contribution in [3.63, 3.8) is 0 Å². The summed E-state index contributed by atoms with van der Waals surface area (Å²) in [4.78, 5) is 23.0. The minimum Gasteiger partial charge on any atom is -0.494 e. The number of benzene rings is 1. The minimum atomic E-state index is -1.04. The molecule has 6 nitrogen and oxygen atoms in total. The third-order valence-corrected chi connectivity index (χ3v) is 3.67. The molecule has 1 aliphatic carbocycles. The summed E-state index contributed by atoms with van der Waals surface area (Å²) in [6.45, 7) is 1.69. The number of methoxy groups -OCH3 is 1. The van der Waals surface area contributed by atoms with Crippen LogP contribution in [0.5, 0.6) is 5.75 Å². The van der Waals surface area contributed by atoms with Gasteiger partial charge in [0.2, 0.25) is 0 Å². The lowest BCUT2D eigenvalue weighted by atomic mass is 10.1. The molecule has 0 bridgehead atoms. The molecule has 2 unspecified atom stereocenters. The van der Waals surface area contributed by atoms with Gasteiger partial charge in [0.1, 0.15) is 6.04 Å². The molecule has 1 fully saturated rings. The molecule has 22 heavy (non-hydrogen) atoms. The van der Waals surface area contributed by atoms with Crippen LogP contribution in [-0.4, -0.2) is 30.3 Å². The highest BCUT2D eigenvalue weighted by molar-refractivity contribution is 5.83. The van der Waals surface area contributed by atoms with Crippen molar-refractivity contribution in [3.8, 4) is 5.75 Å². The van der Waals surface area contributed by atoms with Gasteiger partial charge in [0.05, 0.1) is 13.2 Å². The van der Waals surface area contributed by atoms with Crippen molar-refractivity contribution in [2.24, 2.45) is 5.92 Å². The lowest BCUT2D eigenvalue weighted by molar-refractivity contribution is -0.139. The predicted octanol–water partition coefficient (Wildman–Crippen LogP) is 2.06. The van der Waals surface area contributed by atoms with E-state index in [0.717, 1.165) is 12.8 Å². The number of aliphatic carboxylic acids is 1. The van der Waals surface area contributed by atoms with Crippen LogP contribution in [0.25, 0.3) is 0 Å². The highest BCUT2D eigenvalue weighted by Crippen LogP contribution is 2.32. The molecule has 1 aromatic carbocycles. The molecule has 2 atom stereocenters. The molecule has 0 spiro atoms. The van der Waals surface area contributed by atoms with E-state index in [2.05, 4.69) is 10.6 Å². The maximum absolute atomic E-state index is 13.6.